The Kier molecular flexibility index (Phi) is 7.51. The van der Waals surface area contributed by atoms with Gasteiger partial charge in [-0.15, -0.1) is 0 Å². The highest BCUT2D eigenvalue weighted by molar-refractivity contribution is 5.80. The summed E-state index contributed by atoms with van der Waals surface area (Å²) in [6.45, 7) is 7.89. The zero-order chi connectivity index (χ0) is 24.2. The van der Waals surface area contributed by atoms with Gasteiger partial charge in [-0.2, -0.15) is 0 Å². The highest BCUT2D eigenvalue weighted by Crippen LogP contribution is 2.33. The van der Waals surface area contributed by atoms with Crippen LogP contribution in [-0.4, -0.2) is 72.9 Å². The zero-order valence-corrected chi connectivity index (χ0v) is 20.3. The summed E-state index contributed by atoms with van der Waals surface area (Å²) in [4.78, 5) is 31.2. The van der Waals surface area contributed by atoms with Gasteiger partial charge in [-0.3, -0.25) is 14.5 Å². The molecular weight excluding hydrogens is 433 g/mol. The van der Waals surface area contributed by atoms with E-state index in [9.17, 15) is 14.0 Å². The van der Waals surface area contributed by atoms with Gasteiger partial charge in [-0.05, 0) is 54.2 Å². The van der Waals surface area contributed by atoms with E-state index in [-0.39, 0.29) is 29.5 Å². The van der Waals surface area contributed by atoms with Crippen LogP contribution in [0.4, 0.5) is 4.39 Å². The minimum absolute atomic E-state index is 0.0565. The van der Waals surface area contributed by atoms with Crippen molar-refractivity contribution >= 4 is 11.8 Å². The van der Waals surface area contributed by atoms with Crippen molar-refractivity contribution in [2.75, 3.05) is 46.4 Å². The first-order valence-corrected chi connectivity index (χ1v) is 12.0. The molecule has 2 atom stereocenters. The molecule has 2 aromatic carbocycles. The largest absolute Gasteiger partial charge is 0.497 e. The average Bonchev–Trinajstić information content (AvgIpc) is 2.85. The Morgan fingerprint density at radius 1 is 1.03 bits per heavy atom. The third kappa shape index (κ3) is 5.58. The maximum Gasteiger partial charge on any atom is 0.227 e. The Morgan fingerprint density at radius 3 is 2.44 bits per heavy atom. The fourth-order valence-corrected chi connectivity index (χ4v) is 5.19. The molecule has 0 saturated carbocycles. The van der Waals surface area contributed by atoms with Gasteiger partial charge in [0.1, 0.15) is 11.6 Å². The number of hydrogen-bond acceptors (Lipinski definition) is 4. The Hall–Kier alpha value is -2.93. The molecule has 0 spiro atoms. The minimum Gasteiger partial charge on any atom is -0.497 e. The summed E-state index contributed by atoms with van der Waals surface area (Å²) in [6.07, 6.45) is 0.742. The average molecular weight is 468 g/mol. The summed E-state index contributed by atoms with van der Waals surface area (Å²) in [7, 11) is 1.66. The van der Waals surface area contributed by atoms with E-state index in [0.29, 0.717) is 38.3 Å². The van der Waals surface area contributed by atoms with Crippen LogP contribution < -0.4 is 4.74 Å². The van der Waals surface area contributed by atoms with Gasteiger partial charge in [-0.1, -0.05) is 24.3 Å². The van der Waals surface area contributed by atoms with Gasteiger partial charge >= 0.3 is 0 Å². The molecule has 2 unspecified atom stereocenters. The van der Waals surface area contributed by atoms with E-state index in [4.69, 9.17) is 4.74 Å². The second-order valence-electron chi connectivity index (χ2n) is 9.52. The first-order valence-electron chi connectivity index (χ1n) is 12.0. The summed E-state index contributed by atoms with van der Waals surface area (Å²) in [6, 6.07) is 13.3. The Balaban J connectivity index is 1.53. The molecule has 4 rings (SSSR count). The van der Waals surface area contributed by atoms with Crippen molar-refractivity contribution in [2.45, 2.75) is 32.7 Å². The lowest BCUT2D eigenvalue weighted by Gasteiger charge is -2.41. The lowest BCUT2D eigenvalue weighted by Crippen LogP contribution is -2.53. The maximum atomic E-state index is 13.9. The van der Waals surface area contributed by atoms with Crippen LogP contribution in [0.15, 0.2) is 42.5 Å². The number of benzene rings is 2. The first-order chi connectivity index (χ1) is 16.3. The normalized spacial score (nSPS) is 21.4. The second-order valence-corrected chi connectivity index (χ2v) is 9.52. The van der Waals surface area contributed by atoms with Crippen molar-refractivity contribution in [2.24, 2.45) is 5.92 Å². The van der Waals surface area contributed by atoms with Crippen LogP contribution >= 0.6 is 0 Å². The summed E-state index contributed by atoms with van der Waals surface area (Å²) in [5.74, 6) is 0.827. The predicted molar refractivity (Wildman–Crippen MR) is 129 cm³/mol. The molecule has 0 aliphatic carbocycles. The van der Waals surface area contributed by atoms with E-state index in [1.807, 2.05) is 35.2 Å². The number of halogens is 1. The van der Waals surface area contributed by atoms with E-state index in [2.05, 4.69) is 11.0 Å². The molecule has 2 aliphatic heterocycles. The van der Waals surface area contributed by atoms with Gasteiger partial charge < -0.3 is 14.5 Å². The van der Waals surface area contributed by atoms with Crippen molar-refractivity contribution in [3.05, 3.63) is 65.0 Å². The van der Waals surface area contributed by atoms with Crippen LogP contribution in [0.2, 0.25) is 0 Å². The number of hydrogen-bond donors (Lipinski definition) is 0. The molecule has 2 aromatic rings. The van der Waals surface area contributed by atoms with Gasteiger partial charge in [0.25, 0.3) is 0 Å². The smallest absolute Gasteiger partial charge is 0.227 e. The van der Waals surface area contributed by atoms with Gasteiger partial charge in [0, 0.05) is 52.7 Å². The Morgan fingerprint density at radius 2 is 1.76 bits per heavy atom. The zero-order valence-electron chi connectivity index (χ0n) is 20.3. The second kappa shape index (κ2) is 10.6. The number of nitrogens with zero attached hydrogens (tertiary/aromatic N) is 3. The molecule has 2 amide bonds. The van der Waals surface area contributed by atoms with Gasteiger partial charge in [0.15, 0.2) is 0 Å². The lowest BCUT2D eigenvalue weighted by molar-refractivity contribution is -0.143. The highest BCUT2D eigenvalue weighted by atomic mass is 19.1. The molecule has 0 N–H and O–H groups in total. The standard InChI is InChI=1S/C27H34FN3O3/c1-19-13-22(7-8-26(19)28)23-15-24(27(33)31-11-9-30(10-12-31)20(2)32)18-29(17-23)16-21-5-4-6-25(14-21)34-3/h4-8,13-14,23-24H,9-12,15-18H2,1-3H3. The number of piperidine rings is 1. The van der Waals surface area contributed by atoms with Crippen LogP contribution in [-0.2, 0) is 16.1 Å². The fourth-order valence-electron chi connectivity index (χ4n) is 5.19. The van der Waals surface area contributed by atoms with Crippen molar-refractivity contribution in [3.63, 3.8) is 0 Å². The number of methoxy groups -OCH3 is 1. The van der Waals surface area contributed by atoms with Crippen LogP contribution in [0.25, 0.3) is 0 Å². The topological polar surface area (TPSA) is 53.1 Å². The Labute approximate surface area is 201 Å². The van der Waals surface area contributed by atoms with Crippen LogP contribution in [0.1, 0.15) is 36.0 Å². The summed E-state index contributed by atoms with van der Waals surface area (Å²) < 4.78 is 19.3. The molecule has 0 aromatic heterocycles. The van der Waals surface area contributed by atoms with Crippen molar-refractivity contribution in [1.29, 1.82) is 0 Å². The molecule has 2 fully saturated rings. The molecular formula is C27H34FN3O3. The number of ether oxygens (including phenoxy) is 1. The maximum absolute atomic E-state index is 13.9. The number of aryl methyl sites for hydroxylation is 1. The van der Waals surface area contributed by atoms with E-state index < -0.39 is 0 Å². The van der Waals surface area contributed by atoms with Crippen molar-refractivity contribution in [1.82, 2.24) is 14.7 Å². The van der Waals surface area contributed by atoms with Crippen LogP contribution in [0.3, 0.4) is 0 Å². The van der Waals surface area contributed by atoms with Gasteiger partial charge in [0.2, 0.25) is 11.8 Å². The summed E-state index contributed by atoms with van der Waals surface area (Å²) in [5, 5.41) is 0. The fraction of sp³-hybridized carbons (Fsp3) is 0.481. The number of amides is 2. The van der Waals surface area contributed by atoms with Gasteiger partial charge in [0.05, 0.1) is 13.0 Å². The van der Waals surface area contributed by atoms with Gasteiger partial charge in [-0.25, -0.2) is 4.39 Å². The molecule has 2 saturated heterocycles. The molecule has 0 radical (unpaired) electrons. The molecule has 7 heteroatoms. The highest BCUT2D eigenvalue weighted by Gasteiger charge is 2.36. The quantitative estimate of drug-likeness (QED) is 0.676. The number of likely N-dealkylation sites (tertiary alicyclic amines) is 1. The summed E-state index contributed by atoms with van der Waals surface area (Å²) in [5.41, 5.74) is 2.84. The van der Waals surface area contributed by atoms with E-state index in [1.54, 1.807) is 25.9 Å². The third-order valence-electron chi connectivity index (χ3n) is 7.11. The lowest BCUT2D eigenvalue weighted by atomic mass is 9.83. The molecule has 6 nitrogen and oxygen atoms in total. The van der Waals surface area contributed by atoms with E-state index >= 15 is 0 Å². The van der Waals surface area contributed by atoms with E-state index in [1.165, 1.54) is 6.07 Å². The molecule has 2 heterocycles. The Bertz CT molecular complexity index is 1040. The molecule has 2 aliphatic rings. The minimum atomic E-state index is -0.205. The number of carbonyl (C=O) groups is 2. The van der Waals surface area contributed by atoms with E-state index in [0.717, 1.165) is 36.4 Å². The number of piperazine rings is 1. The predicted octanol–water partition coefficient (Wildman–Crippen LogP) is 3.44. The monoisotopic (exact) mass is 467 g/mol. The number of rotatable bonds is 5. The van der Waals surface area contributed by atoms with Crippen LogP contribution in [0, 0.1) is 18.7 Å². The molecule has 182 valence electrons. The van der Waals surface area contributed by atoms with Crippen molar-refractivity contribution < 1.29 is 18.7 Å². The SMILES string of the molecule is COc1cccc(CN2CC(C(=O)N3CCN(C(C)=O)CC3)CC(c3ccc(F)c(C)c3)C2)c1. The number of carbonyl (C=O) groups excluding carboxylic acids is 2. The first kappa shape index (κ1) is 24.2. The summed E-state index contributed by atoms with van der Waals surface area (Å²) >= 11 is 0. The molecule has 34 heavy (non-hydrogen) atoms. The van der Waals surface area contributed by atoms with Crippen molar-refractivity contribution in [3.8, 4) is 5.75 Å². The van der Waals surface area contributed by atoms with Crippen LogP contribution in [0.5, 0.6) is 5.75 Å². The molecule has 0 bridgehead atoms. The third-order valence-corrected chi connectivity index (χ3v) is 7.11.